The van der Waals surface area contributed by atoms with Crippen LogP contribution in [0.25, 0.3) is 0 Å². The summed E-state index contributed by atoms with van der Waals surface area (Å²) in [6.07, 6.45) is 0. The van der Waals surface area contributed by atoms with Crippen LogP contribution in [-0.2, 0) is 4.79 Å². The number of benzene rings is 2. The standard InChI is InChI=1S/C24H34N4O2/c1-19-5-11-22(12-6-19)30-18-24(29)25-17-23(28-15-13-27(4)14-16-28)20-7-9-21(10-8-20)26(2)3/h5-12,23H,13-18H2,1-4H3,(H,25,29)/p+2/t23-/m1/s1. The average molecular weight is 413 g/mol. The fourth-order valence-electron chi connectivity index (χ4n) is 3.90. The number of carbonyl (C=O) groups excluding carboxylic acids is 1. The quantitative estimate of drug-likeness (QED) is 0.559. The molecule has 0 spiro atoms. The molecule has 6 nitrogen and oxygen atoms in total. The Morgan fingerprint density at radius 2 is 1.67 bits per heavy atom. The summed E-state index contributed by atoms with van der Waals surface area (Å²) in [5.74, 6) is 0.642. The number of nitrogens with one attached hydrogen (secondary N) is 3. The molecule has 3 rings (SSSR count). The molecule has 1 aliphatic heterocycles. The molecule has 0 unspecified atom stereocenters. The summed E-state index contributed by atoms with van der Waals surface area (Å²) >= 11 is 0. The fraction of sp³-hybridized carbons (Fsp3) is 0.458. The van der Waals surface area contributed by atoms with Crippen molar-refractivity contribution in [3.63, 3.8) is 0 Å². The predicted octanol–water partition coefficient (Wildman–Crippen LogP) is -0.289. The molecule has 1 saturated heterocycles. The zero-order valence-electron chi connectivity index (χ0n) is 18.7. The first kappa shape index (κ1) is 22.1. The first-order valence-electron chi connectivity index (χ1n) is 10.8. The van der Waals surface area contributed by atoms with Crippen molar-refractivity contribution in [2.45, 2.75) is 13.0 Å². The van der Waals surface area contributed by atoms with Gasteiger partial charge in [-0.25, -0.2) is 0 Å². The van der Waals surface area contributed by atoms with Crippen LogP contribution in [0.5, 0.6) is 5.75 Å². The van der Waals surface area contributed by atoms with Gasteiger partial charge in [-0.2, -0.15) is 0 Å². The van der Waals surface area contributed by atoms with Crippen LogP contribution in [0.4, 0.5) is 5.69 Å². The van der Waals surface area contributed by atoms with Gasteiger partial charge in [-0.15, -0.1) is 0 Å². The van der Waals surface area contributed by atoms with Crippen molar-refractivity contribution in [1.82, 2.24) is 5.32 Å². The Labute approximate surface area is 180 Å². The van der Waals surface area contributed by atoms with Gasteiger partial charge in [0.1, 0.15) is 38.0 Å². The minimum absolute atomic E-state index is 0.0393. The highest BCUT2D eigenvalue weighted by Crippen LogP contribution is 2.16. The Morgan fingerprint density at radius 1 is 1.03 bits per heavy atom. The minimum Gasteiger partial charge on any atom is -0.484 e. The molecule has 30 heavy (non-hydrogen) atoms. The maximum absolute atomic E-state index is 12.4. The smallest absolute Gasteiger partial charge is 0.258 e. The molecule has 0 aromatic heterocycles. The number of ether oxygens (including phenoxy) is 1. The molecule has 6 heteroatoms. The van der Waals surface area contributed by atoms with E-state index in [9.17, 15) is 4.79 Å². The van der Waals surface area contributed by atoms with Crippen molar-refractivity contribution < 1.29 is 19.3 Å². The van der Waals surface area contributed by atoms with Gasteiger partial charge >= 0.3 is 0 Å². The Balaban J connectivity index is 1.61. The van der Waals surface area contributed by atoms with E-state index in [4.69, 9.17) is 4.74 Å². The van der Waals surface area contributed by atoms with Gasteiger partial charge in [0.15, 0.2) is 6.61 Å². The van der Waals surface area contributed by atoms with E-state index < -0.39 is 0 Å². The van der Waals surface area contributed by atoms with Gasteiger partial charge < -0.3 is 24.8 Å². The zero-order chi connectivity index (χ0) is 21.5. The van der Waals surface area contributed by atoms with Gasteiger partial charge in [-0.3, -0.25) is 4.79 Å². The highest BCUT2D eigenvalue weighted by Gasteiger charge is 2.29. The number of carbonyl (C=O) groups is 1. The van der Waals surface area contributed by atoms with E-state index in [1.807, 2.05) is 31.2 Å². The first-order valence-corrected chi connectivity index (χ1v) is 10.8. The Morgan fingerprint density at radius 3 is 2.27 bits per heavy atom. The number of piperazine rings is 1. The van der Waals surface area contributed by atoms with Crippen molar-refractivity contribution in [3.8, 4) is 5.75 Å². The van der Waals surface area contributed by atoms with Crippen LogP contribution in [0, 0.1) is 6.92 Å². The second-order valence-electron chi connectivity index (χ2n) is 8.56. The summed E-state index contributed by atoms with van der Waals surface area (Å²) in [7, 11) is 6.35. The molecule has 2 aromatic rings. The number of rotatable bonds is 8. The molecule has 162 valence electrons. The van der Waals surface area contributed by atoms with Gasteiger partial charge in [-0.05, 0) is 31.2 Å². The summed E-state index contributed by atoms with van der Waals surface area (Å²) in [6.45, 7) is 7.23. The van der Waals surface area contributed by atoms with Crippen LogP contribution in [0.2, 0.25) is 0 Å². The zero-order valence-corrected chi connectivity index (χ0v) is 18.7. The van der Waals surface area contributed by atoms with E-state index in [2.05, 4.69) is 55.6 Å². The van der Waals surface area contributed by atoms with Crippen LogP contribution in [0.3, 0.4) is 0 Å². The molecule has 0 saturated carbocycles. The van der Waals surface area contributed by atoms with Crippen LogP contribution in [-0.4, -0.2) is 66.4 Å². The number of nitrogens with zero attached hydrogens (tertiary/aromatic N) is 1. The van der Waals surface area contributed by atoms with Crippen LogP contribution < -0.4 is 24.8 Å². The van der Waals surface area contributed by atoms with E-state index in [1.165, 1.54) is 21.7 Å². The van der Waals surface area contributed by atoms with Crippen LogP contribution in [0.1, 0.15) is 17.2 Å². The van der Waals surface area contributed by atoms with E-state index in [-0.39, 0.29) is 18.6 Å². The number of hydrogen-bond acceptors (Lipinski definition) is 3. The SMILES string of the molecule is Cc1ccc(OCC(=O)NC[C@H](c2ccc(N(C)C)cc2)[NH+]2CC[NH+](C)CC2)cc1. The molecular formula is C24H36N4O2+2. The van der Waals surface area contributed by atoms with Gasteiger partial charge in [-0.1, -0.05) is 29.8 Å². The van der Waals surface area contributed by atoms with Crippen molar-refractivity contribution in [2.75, 3.05) is 65.4 Å². The third-order valence-electron chi connectivity index (χ3n) is 5.94. The first-order chi connectivity index (χ1) is 14.4. The molecule has 0 bridgehead atoms. The van der Waals surface area contributed by atoms with E-state index >= 15 is 0 Å². The van der Waals surface area contributed by atoms with Crippen molar-refractivity contribution in [2.24, 2.45) is 0 Å². The number of amides is 1. The summed E-state index contributed by atoms with van der Waals surface area (Å²) in [4.78, 5) is 17.7. The maximum atomic E-state index is 12.4. The van der Waals surface area contributed by atoms with Crippen LogP contribution >= 0.6 is 0 Å². The molecule has 0 aliphatic carbocycles. The Hall–Kier alpha value is -2.57. The number of hydrogen-bond donors (Lipinski definition) is 3. The lowest BCUT2D eigenvalue weighted by atomic mass is 10.0. The maximum Gasteiger partial charge on any atom is 0.258 e. The van der Waals surface area contributed by atoms with E-state index in [0.717, 1.165) is 31.9 Å². The molecule has 2 aromatic carbocycles. The topological polar surface area (TPSA) is 50.4 Å². The summed E-state index contributed by atoms with van der Waals surface area (Å²) in [5.41, 5.74) is 3.63. The van der Waals surface area contributed by atoms with Gasteiger partial charge in [0.25, 0.3) is 5.91 Å². The molecule has 0 radical (unpaired) electrons. The monoisotopic (exact) mass is 412 g/mol. The molecule has 1 aliphatic rings. The number of likely N-dealkylation sites (N-methyl/N-ethyl adjacent to an activating group) is 1. The highest BCUT2D eigenvalue weighted by atomic mass is 16.5. The van der Waals surface area contributed by atoms with Gasteiger partial charge in [0.2, 0.25) is 0 Å². The lowest BCUT2D eigenvalue weighted by Gasteiger charge is -2.33. The molecule has 1 heterocycles. The molecule has 1 fully saturated rings. The van der Waals surface area contributed by atoms with Gasteiger partial charge in [0.05, 0.1) is 13.6 Å². The van der Waals surface area contributed by atoms with Crippen molar-refractivity contribution in [1.29, 1.82) is 0 Å². The van der Waals surface area contributed by atoms with Gasteiger partial charge in [0, 0.05) is 25.3 Å². The lowest BCUT2D eigenvalue weighted by Crippen LogP contribution is -3.27. The summed E-state index contributed by atoms with van der Waals surface area (Å²) in [5, 5.41) is 3.11. The average Bonchev–Trinajstić information content (AvgIpc) is 2.75. The van der Waals surface area contributed by atoms with Crippen molar-refractivity contribution >= 4 is 11.6 Å². The summed E-state index contributed by atoms with van der Waals surface area (Å²) < 4.78 is 5.63. The molecular weight excluding hydrogens is 376 g/mol. The third-order valence-corrected chi connectivity index (χ3v) is 5.94. The predicted molar refractivity (Wildman–Crippen MR) is 121 cm³/mol. The highest BCUT2D eigenvalue weighted by molar-refractivity contribution is 5.77. The molecule has 1 atom stereocenters. The van der Waals surface area contributed by atoms with E-state index in [0.29, 0.717) is 6.54 Å². The fourth-order valence-corrected chi connectivity index (χ4v) is 3.90. The Kier molecular flexibility index (Phi) is 7.71. The number of anilines is 1. The second kappa shape index (κ2) is 10.5. The third kappa shape index (κ3) is 6.21. The second-order valence-corrected chi connectivity index (χ2v) is 8.56. The lowest BCUT2D eigenvalue weighted by molar-refractivity contribution is -1.02. The largest absolute Gasteiger partial charge is 0.484 e. The number of aryl methyl sites for hydroxylation is 1. The minimum atomic E-state index is -0.0790. The normalized spacial score (nSPS) is 19.7. The molecule has 1 amide bonds. The summed E-state index contributed by atoms with van der Waals surface area (Å²) in [6, 6.07) is 16.7. The van der Waals surface area contributed by atoms with Crippen LogP contribution in [0.15, 0.2) is 48.5 Å². The molecule has 3 N–H and O–H groups in total. The van der Waals surface area contributed by atoms with E-state index in [1.54, 1.807) is 4.90 Å². The number of quaternary nitrogens is 2. The van der Waals surface area contributed by atoms with Crippen molar-refractivity contribution in [3.05, 3.63) is 59.7 Å². The Bertz CT molecular complexity index is 797.